The average molecular weight is 397 g/mol. The van der Waals surface area contributed by atoms with Crippen LogP contribution in [0.3, 0.4) is 0 Å². The van der Waals surface area contributed by atoms with Crippen LogP contribution in [0, 0.1) is 51.2 Å². The highest BCUT2D eigenvalue weighted by Gasteiger charge is 2.74. The van der Waals surface area contributed by atoms with Gasteiger partial charge in [-0.15, -0.1) is 0 Å². The molecule has 0 aromatic carbocycles. The van der Waals surface area contributed by atoms with Crippen molar-refractivity contribution < 1.29 is 14.3 Å². The smallest absolute Gasteiger partial charge is 0.303 e. The summed E-state index contributed by atoms with van der Waals surface area (Å²) >= 11 is 0. The van der Waals surface area contributed by atoms with E-state index in [0.29, 0.717) is 41.9 Å². The average Bonchev–Trinajstić information content (AvgIpc) is 3.09. The molecule has 0 aromatic rings. The number of nitrogens with two attached hydrogens (primary N) is 1. The number of fused-ring (bicyclic) bond motifs is 6. The number of ketones is 1. The SMILES string of the molecule is CC(=O)O[C@@]1(C)CCC2C3C4C[C@]5(C#N)C(=C4N)C(=O)CCC5(C)C3CCC21C. The highest BCUT2D eigenvalue weighted by Crippen LogP contribution is 2.76. The van der Waals surface area contributed by atoms with Gasteiger partial charge in [-0.1, -0.05) is 13.8 Å². The summed E-state index contributed by atoms with van der Waals surface area (Å²) in [5.74, 6) is 1.15. The molecule has 0 heterocycles. The monoisotopic (exact) mass is 396 g/mol. The minimum atomic E-state index is -0.705. The summed E-state index contributed by atoms with van der Waals surface area (Å²) in [7, 11) is 0. The lowest BCUT2D eigenvalue weighted by atomic mass is 9.40. The molecule has 156 valence electrons. The molecule has 5 aliphatic carbocycles. The van der Waals surface area contributed by atoms with Crippen molar-refractivity contribution in [3.05, 3.63) is 11.3 Å². The van der Waals surface area contributed by atoms with Gasteiger partial charge in [0, 0.05) is 35.9 Å². The van der Waals surface area contributed by atoms with Gasteiger partial charge >= 0.3 is 5.97 Å². The number of esters is 1. The third-order valence-corrected chi connectivity index (χ3v) is 10.5. The van der Waals surface area contributed by atoms with E-state index in [1.807, 2.05) is 0 Å². The van der Waals surface area contributed by atoms with Crippen LogP contribution in [-0.4, -0.2) is 17.4 Å². The molecule has 2 N–H and O–H groups in total. The molecule has 4 fully saturated rings. The molecule has 5 rings (SSSR count). The van der Waals surface area contributed by atoms with E-state index in [0.717, 1.165) is 32.1 Å². The summed E-state index contributed by atoms with van der Waals surface area (Å²) in [6.45, 7) is 8.17. The second kappa shape index (κ2) is 5.45. The lowest BCUT2D eigenvalue weighted by Gasteiger charge is -2.63. The first-order valence-electron chi connectivity index (χ1n) is 11.2. The molecule has 0 amide bonds. The molecule has 5 aliphatic rings. The second-order valence-electron chi connectivity index (χ2n) is 11.1. The van der Waals surface area contributed by atoms with E-state index in [-0.39, 0.29) is 28.5 Å². The first kappa shape index (κ1) is 19.2. The molecule has 5 heteroatoms. The summed E-state index contributed by atoms with van der Waals surface area (Å²) in [5.41, 5.74) is 6.61. The highest BCUT2D eigenvalue weighted by atomic mass is 16.6. The zero-order valence-corrected chi connectivity index (χ0v) is 18.0. The number of ether oxygens (including phenoxy) is 1. The Morgan fingerprint density at radius 1 is 1.14 bits per heavy atom. The molecule has 5 nitrogen and oxygen atoms in total. The van der Waals surface area contributed by atoms with Crippen LogP contribution >= 0.6 is 0 Å². The zero-order chi connectivity index (χ0) is 21.0. The predicted octanol–water partition coefficient (Wildman–Crippen LogP) is 3.88. The predicted molar refractivity (Wildman–Crippen MR) is 107 cm³/mol. The Bertz CT molecular complexity index is 902. The number of Topliss-reactive ketones (excluding diaryl/α,β-unsaturated/α-hetero) is 1. The quantitative estimate of drug-likeness (QED) is 0.679. The van der Waals surface area contributed by atoms with Crippen molar-refractivity contribution in [2.24, 2.45) is 45.7 Å². The largest absolute Gasteiger partial charge is 0.459 e. The van der Waals surface area contributed by atoms with Crippen molar-refractivity contribution in [2.75, 3.05) is 0 Å². The Hall–Kier alpha value is -1.83. The Balaban J connectivity index is 1.64. The molecule has 0 aromatic heterocycles. The van der Waals surface area contributed by atoms with Crippen LogP contribution in [-0.2, 0) is 14.3 Å². The van der Waals surface area contributed by atoms with E-state index >= 15 is 0 Å². The number of allylic oxidation sites excluding steroid dienone is 2. The van der Waals surface area contributed by atoms with Gasteiger partial charge in [0.1, 0.15) is 5.60 Å². The first-order chi connectivity index (χ1) is 13.5. The molecular formula is C24H32N2O3. The molecule has 0 aliphatic heterocycles. The van der Waals surface area contributed by atoms with E-state index in [4.69, 9.17) is 10.5 Å². The maximum Gasteiger partial charge on any atom is 0.303 e. The van der Waals surface area contributed by atoms with Crippen LogP contribution in [0.1, 0.15) is 72.6 Å². The zero-order valence-electron chi connectivity index (χ0n) is 18.0. The third-order valence-electron chi connectivity index (χ3n) is 10.5. The van der Waals surface area contributed by atoms with Gasteiger partial charge in [-0.3, -0.25) is 9.59 Å². The normalized spacial score (nSPS) is 52.6. The second-order valence-corrected chi connectivity index (χ2v) is 11.1. The van der Waals surface area contributed by atoms with Crippen LogP contribution < -0.4 is 5.73 Å². The molecule has 6 unspecified atom stereocenters. The van der Waals surface area contributed by atoms with Crippen molar-refractivity contribution in [1.29, 1.82) is 5.26 Å². The van der Waals surface area contributed by atoms with E-state index < -0.39 is 11.0 Å². The van der Waals surface area contributed by atoms with Gasteiger partial charge in [0.2, 0.25) is 0 Å². The number of hydrogen-bond donors (Lipinski definition) is 1. The molecule has 8 atom stereocenters. The van der Waals surface area contributed by atoms with Crippen molar-refractivity contribution in [2.45, 2.75) is 78.2 Å². The van der Waals surface area contributed by atoms with Gasteiger partial charge < -0.3 is 10.5 Å². The van der Waals surface area contributed by atoms with E-state index in [1.165, 1.54) is 6.92 Å². The van der Waals surface area contributed by atoms with Gasteiger partial charge in [-0.25, -0.2) is 0 Å². The Morgan fingerprint density at radius 2 is 1.79 bits per heavy atom. The van der Waals surface area contributed by atoms with Crippen LogP contribution in [0.15, 0.2) is 11.3 Å². The van der Waals surface area contributed by atoms with Crippen molar-refractivity contribution >= 4 is 11.8 Å². The fraction of sp³-hybridized carbons (Fsp3) is 0.792. The summed E-state index contributed by atoms with van der Waals surface area (Å²) < 4.78 is 5.94. The number of carbonyl (C=O) groups is 2. The summed E-state index contributed by atoms with van der Waals surface area (Å²) in [4.78, 5) is 24.8. The first-order valence-corrected chi connectivity index (χ1v) is 11.2. The van der Waals surface area contributed by atoms with Crippen molar-refractivity contribution in [3.8, 4) is 6.07 Å². The van der Waals surface area contributed by atoms with E-state index in [9.17, 15) is 14.9 Å². The lowest BCUT2D eigenvalue weighted by Crippen LogP contribution is -2.60. The summed E-state index contributed by atoms with van der Waals surface area (Å²) in [6.07, 6.45) is 5.90. The third kappa shape index (κ3) is 1.92. The fourth-order valence-corrected chi connectivity index (χ4v) is 8.89. The molecule has 0 radical (unpaired) electrons. The number of carbonyl (C=O) groups excluding carboxylic acids is 2. The Morgan fingerprint density at radius 3 is 2.45 bits per heavy atom. The Kier molecular flexibility index (Phi) is 3.60. The number of nitriles is 1. The molecule has 0 spiro atoms. The highest BCUT2D eigenvalue weighted by molar-refractivity contribution is 6.00. The maximum atomic E-state index is 12.9. The van der Waals surface area contributed by atoms with Crippen LogP contribution in [0.4, 0.5) is 0 Å². The number of hydrogen-bond acceptors (Lipinski definition) is 5. The lowest BCUT2D eigenvalue weighted by molar-refractivity contribution is -0.186. The topological polar surface area (TPSA) is 93.2 Å². The van der Waals surface area contributed by atoms with Gasteiger partial charge in [0.15, 0.2) is 5.78 Å². The van der Waals surface area contributed by atoms with Gasteiger partial charge in [-0.05, 0) is 68.6 Å². The van der Waals surface area contributed by atoms with Crippen LogP contribution in [0.2, 0.25) is 0 Å². The minimum absolute atomic E-state index is 0.0888. The van der Waals surface area contributed by atoms with Crippen molar-refractivity contribution in [3.63, 3.8) is 0 Å². The molecule has 2 bridgehead atoms. The van der Waals surface area contributed by atoms with Crippen molar-refractivity contribution in [1.82, 2.24) is 0 Å². The number of rotatable bonds is 1. The van der Waals surface area contributed by atoms with Gasteiger partial charge in [0.05, 0.1) is 11.5 Å². The van der Waals surface area contributed by atoms with Gasteiger partial charge in [0.25, 0.3) is 0 Å². The minimum Gasteiger partial charge on any atom is -0.459 e. The maximum absolute atomic E-state index is 12.9. The molecule has 29 heavy (non-hydrogen) atoms. The van der Waals surface area contributed by atoms with Gasteiger partial charge in [-0.2, -0.15) is 5.26 Å². The molecular weight excluding hydrogens is 364 g/mol. The molecule has 0 saturated heterocycles. The molecule has 4 saturated carbocycles. The number of nitrogens with zero attached hydrogens (tertiary/aromatic N) is 1. The van der Waals surface area contributed by atoms with Crippen LogP contribution in [0.25, 0.3) is 0 Å². The summed E-state index contributed by atoms with van der Waals surface area (Å²) in [5, 5.41) is 10.3. The fourth-order valence-electron chi connectivity index (χ4n) is 8.89. The van der Waals surface area contributed by atoms with E-state index in [1.54, 1.807) is 0 Å². The van der Waals surface area contributed by atoms with E-state index in [2.05, 4.69) is 26.8 Å². The van der Waals surface area contributed by atoms with Crippen LogP contribution in [0.5, 0.6) is 0 Å². The standard InChI is InChI=1S/C24H32N2O3/c1-13(27)29-23(4)10-6-15-18-14-11-24(12-25)19(20(14)26)17(28)7-9-22(24,3)16(18)5-8-21(15,23)2/h14-16,18H,5-11,26H2,1-4H3/t14?,15?,16?,18?,21?,22?,23-,24-/m0/s1. The summed E-state index contributed by atoms with van der Waals surface area (Å²) in [6, 6.07) is 2.63. The Labute approximate surface area is 173 Å².